The number of carbonyl (C=O) groups excluding carboxylic acids is 2. The molecule has 0 radical (unpaired) electrons. The Hall–Kier alpha value is -1.64. The second-order valence-corrected chi connectivity index (χ2v) is 6.13. The van der Waals surface area contributed by atoms with Gasteiger partial charge >= 0.3 is 5.97 Å². The number of hydrogen-bond acceptors (Lipinski definition) is 3. The predicted octanol–water partition coefficient (Wildman–Crippen LogP) is 4.19. The van der Waals surface area contributed by atoms with Crippen LogP contribution in [-0.4, -0.2) is 18.4 Å². The molecule has 1 atom stereocenters. The predicted molar refractivity (Wildman–Crippen MR) is 86.8 cm³/mol. The molecule has 22 heavy (non-hydrogen) atoms. The molecule has 0 N–H and O–H groups in total. The van der Waals surface area contributed by atoms with Crippen LogP contribution in [0.5, 0.6) is 0 Å². The smallest absolute Gasteiger partial charge is 0.316 e. The van der Waals surface area contributed by atoms with Gasteiger partial charge in [-0.2, -0.15) is 0 Å². The molecule has 0 aromatic heterocycles. The van der Waals surface area contributed by atoms with Crippen LogP contribution in [-0.2, 0) is 16.0 Å². The number of Topliss-reactive ketones (excluding diaryl/α,β-unsaturated/α-hetero) is 1. The molecule has 1 aromatic carbocycles. The minimum absolute atomic E-state index is 0.131. The Kier molecular flexibility index (Phi) is 6.17. The molecule has 3 nitrogen and oxygen atoms in total. The van der Waals surface area contributed by atoms with Crippen molar-refractivity contribution in [3.8, 4) is 0 Å². The Bertz CT molecular complexity index is 498. The number of hydrogen-bond donors (Lipinski definition) is 0. The highest BCUT2D eigenvalue weighted by Gasteiger charge is 2.27. The van der Waals surface area contributed by atoms with Gasteiger partial charge in [-0.3, -0.25) is 9.59 Å². The standard InChI is InChI=1S/C19H26O3/c1-3-17(19(21)22-4-2)18(20)16-11-9-15(10-12-16)13-14-7-5-6-8-14/h9-12,14,17H,3-8,13H2,1-2H3. The highest BCUT2D eigenvalue weighted by Crippen LogP contribution is 2.28. The molecule has 2 rings (SSSR count). The highest BCUT2D eigenvalue weighted by atomic mass is 16.5. The van der Waals surface area contributed by atoms with Crippen LogP contribution in [0.15, 0.2) is 24.3 Å². The molecule has 0 bridgehead atoms. The van der Waals surface area contributed by atoms with Crippen molar-refractivity contribution in [1.82, 2.24) is 0 Å². The van der Waals surface area contributed by atoms with Crippen molar-refractivity contribution in [2.45, 2.75) is 52.4 Å². The van der Waals surface area contributed by atoms with E-state index in [4.69, 9.17) is 4.74 Å². The molecule has 0 amide bonds. The van der Waals surface area contributed by atoms with E-state index in [1.807, 2.05) is 31.2 Å². The summed E-state index contributed by atoms with van der Waals surface area (Å²) in [5, 5.41) is 0. The lowest BCUT2D eigenvalue weighted by atomic mass is 9.93. The van der Waals surface area contributed by atoms with E-state index in [0.29, 0.717) is 18.6 Å². The first-order valence-electron chi connectivity index (χ1n) is 8.45. The molecule has 3 heteroatoms. The van der Waals surface area contributed by atoms with Crippen LogP contribution in [0.1, 0.15) is 61.9 Å². The molecule has 1 aliphatic carbocycles. The zero-order valence-electron chi connectivity index (χ0n) is 13.6. The third kappa shape index (κ3) is 4.19. The van der Waals surface area contributed by atoms with Crippen LogP contribution in [0, 0.1) is 11.8 Å². The van der Waals surface area contributed by atoms with E-state index in [-0.39, 0.29) is 5.78 Å². The van der Waals surface area contributed by atoms with Gasteiger partial charge in [0.25, 0.3) is 0 Å². The van der Waals surface area contributed by atoms with E-state index in [2.05, 4.69) is 0 Å². The Morgan fingerprint density at radius 3 is 2.32 bits per heavy atom. The molecule has 0 spiro atoms. The Morgan fingerprint density at radius 1 is 1.14 bits per heavy atom. The van der Waals surface area contributed by atoms with Crippen molar-refractivity contribution in [1.29, 1.82) is 0 Å². The van der Waals surface area contributed by atoms with Crippen LogP contribution in [0.3, 0.4) is 0 Å². The molecular formula is C19H26O3. The van der Waals surface area contributed by atoms with Gasteiger partial charge in [0.15, 0.2) is 5.78 Å². The number of ether oxygens (including phenoxy) is 1. The Labute approximate surface area is 133 Å². The zero-order valence-corrected chi connectivity index (χ0v) is 13.6. The molecule has 1 unspecified atom stereocenters. The van der Waals surface area contributed by atoms with Crippen LogP contribution >= 0.6 is 0 Å². The second-order valence-electron chi connectivity index (χ2n) is 6.13. The molecule has 1 aliphatic rings. The van der Waals surface area contributed by atoms with Gasteiger partial charge in [0.05, 0.1) is 6.61 Å². The Balaban J connectivity index is 2.01. The summed E-state index contributed by atoms with van der Waals surface area (Å²) in [7, 11) is 0. The molecular weight excluding hydrogens is 276 g/mol. The lowest BCUT2D eigenvalue weighted by molar-refractivity contribution is -0.146. The molecule has 0 saturated heterocycles. The van der Waals surface area contributed by atoms with Gasteiger partial charge in [0, 0.05) is 5.56 Å². The fourth-order valence-electron chi connectivity index (χ4n) is 3.26. The third-order valence-corrected chi connectivity index (χ3v) is 4.53. The first-order valence-corrected chi connectivity index (χ1v) is 8.45. The van der Waals surface area contributed by atoms with Crippen molar-refractivity contribution in [3.63, 3.8) is 0 Å². The maximum Gasteiger partial charge on any atom is 0.316 e. The van der Waals surface area contributed by atoms with Gasteiger partial charge in [-0.25, -0.2) is 0 Å². The maximum absolute atomic E-state index is 12.4. The normalized spacial score (nSPS) is 16.5. The molecule has 1 fully saturated rings. The molecule has 0 heterocycles. The van der Waals surface area contributed by atoms with E-state index in [9.17, 15) is 9.59 Å². The van der Waals surface area contributed by atoms with Crippen LogP contribution in [0.4, 0.5) is 0 Å². The van der Waals surface area contributed by atoms with Crippen LogP contribution in [0.2, 0.25) is 0 Å². The van der Waals surface area contributed by atoms with Gasteiger partial charge in [-0.05, 0) is 31.2 Å². The molecule has 1 saturated carbocycles. The Morgan fingerprint density at radius 2 is 1.77 bits per heavy atom. The first kappa shape index (κ1) is 16.7. The van der Waals surface area contributed by atoms with Gasteiger partial charge in [0.2, 0.25) is 0 Å². The minimum atomic E-state index is -0.680. The summed E-state index contributed by atoms with van der Waals surface area (Å²) in [5.74, 6) is -0.427. The lowest BCUT2D eigenvalue weighted by Crippen LogP contribution is -2.25. The van der Waals surface area contributed by atoms with Crippen LogP contribution < -0.4 is 0 Å². The van der Waals surface area contributed by atoms with E-state index >= 15 is 0 Å². The monoisotopic (exact) mass is 302 g/mol. The number of ketones is 1. The van der Waals surface area contributed by atoms with Crippen molar-refractivity contribution in [2.75, 3.05) is 6.61 Å². The second kappa shape index (κ2) is 8.11. The summed E-state index contributed by atoms with van der Waals surface area (Å²) in [6.07, 6.45) is 6.91. The number of rotatable bonds is 7. The number of carbonyl (C=O) groups is 2. The largest absolute Gasteiger partial charge is 0.465 e. The van der Waals surface area contributed by atoms with Crippen LogP contribution in [0.25, 0.3) is 0 Å². The summed E-state index contributed by atoms with van der Waals surface area (Å²) in [6, 6.07) is 7.77. The van der Waals surface area contributed by atoms with E-state index < -0.39 is 11.9 Å². The highest BCUT2D eigenvalue weighted by molar-refractivity contribution is 6.08. The molecule has 1 aromatic rings. The van der Waals surface area contributed by atoms with E-state index in [1.54, 1.807) is 6.92 Å². The van der Waals surface area contributed by atoms with E-state index in [0.717, 1.165) is 12.3 Å². The summed E-state index contributed by atoms with van der Waals surface area (Å²) >= 11 is 0. The SMILES string of the molecule is CCOC(=O)C(CC)C(=O)c1ccc(CC2CCCC2)cc1. The molecule has 0 aliphatic heterocycles. The topological polar surface area (TPSA) is 43.4 Å². The van der Waals surface area contributed by atoms with Gasteiger partial charge < -0.3 is 4.74 Å². The fraction of sp³-hybridized carbons (Fsp3) is 0.579. The molecule has 120 valence electrons. The van der Waals surface area contributed by atoms with Crippen molar-refractivity contribution < 1.29 is 14.3 Å². The summed E-state index contributed by atoms with van der Waals surface area (Å²) < 4.78 is 4.99. The van der Waals surface area contributed by atoms with Gasteiger partial charge in [-0.15, -0.1) is 0 Å². The fourth-order valence-corrected chi connectivity index (χ4v) is 3.26. The number of esters is 1. The lowest BCUT2D eigenvalue weighted by Gasteiger charge is -2.13. The van der Waals surface area contributed by atoms with E-state index in [1.165, 1.54) is 31.2 Å². The average Bonchev–Trinajstić information content (AvgIpc) is 3.02. The summed E-state index contributed by atoms with van der Waals surface area (Å²) in [5.41, 5.74) is 1.89. The number of benzene rings is 1. The van der Waals surface area contributed by atoms with Gasteiger partial charge in [0.1, 0.15) is 5.92 Å². The zero-order chi connectivity index (χ0) is 15.9. The summed E-state index contributed by atoms with van der Waals surface area (Å²) in [6.45, 7) is 3.91. The maximum atomic E-state index is 12.4. The van der Waals surface area contributed by atoms with Gasteiger partial charge in [-0.1, -0.05) is 56.9 Å². The average molecular weight is 302 g/mol. The van der Waals surface area contributed by atoms with Crippen molar-refractivity contribution in [3.05, 3.63) is 35.4 Å². The summed E-state index contributed by atoms with van der Waals surface area (Å²) in [4.78, 5) is 24.3. The first-order chi connectivity index (χ1) is 10.7. The third-order valence-electron chi connectivity index (χ3n) is 4.53. The quantitative estimate of drug-likeness (QED) is 0.431. The van der Waals surface area contributed by atoms with Crippen molar-refractivity contribution >= 4 is 11.8 Å². The minimum Gasteiger partial charge on any atom is -0.465 e. The van der Waals surface area contributed by atoms with Crippen molar-refractivity contribution in [2.24, 2.45) is 11.8 Å².